The van der Waals surface area contributed by atoms with E-state index in [0.29, 0.717) is 26.2 Å². The first-order valence-electron chi connectivity index (χ1n) is 8.90. The Morgan fingerprint density at radius 1 is 1.30 bits per heavy atom. The fourth-order valence-corrected chi connectivity index (χ4v) is 4.02. The second-order valence-corrected chi connectivity index (χ2v) is 7.20. The van der Waals surface area contributed by atoms with Gasteiger partial charge in [-0.05, 0) is 18.6 Å². The standard InChI is InChI=1S/C19H18N6O2/c1-23-8-14(7-22-23)13-6-17-16(2-4-21-25(17)9-13)24-5-3-19(12-20,18(24)26)15-10-27-11-15/h2,4,6-9,15H,3,5,10-11H2,1H3/t19-/m0/s1. The summed E-state index contributed by atoms with van der Waals surface area (Å²) in [7, 11) is 1.87. The van der Waals surface area contributed by atoms with E-state index in [1.54, 1.807) is 26.5 Å². The molecule has 3 aromatic rings. The van der Waals surface area contributed by atoms with Crippen LogP contribution in [0.5, 0.6) is 0 Å². The lowest BCUT2D eigenvalue weighted by atomic mass is 9.74. The highest BCUT2D eigenvalue weighted by atomic mass is 16.5. The molecule has 0 N–H and O–H groups in total. The number of hydrogen-bond donors (Lipinski definition) is 0. The van der Waals surface area contributed by atoms with E-state index in [0.717, 1.165) is 22.3 Å². The van der Waals surface area contributed by atoms with Crippen molar-refractivity contribution in [3.05, 3.63) is 36.9 Å². The number of hydrogen-bond acceptors (Lipinski definition) is 5. The van der Waals surface area contributed by atoms with E-state index >= 15 is 0 Å². The number of carbonyl (C=O) groups excluding carboxylic acids is 1. The van der Waals surface area contributed by atoms with Crippen molar-refractivity contribution >= 4 is 17.1 Å². The number of rotatable bonds is 3. The van der Waals surface area contributed by atoms with Gasteiger partial charge in [-0.25, -0.2) is 4.52 Å². The molecule has 0 aromatic carbocycles. The first-order chi connectivity index (χ1) is 13.1. The van der Waals surface area contributed by atoms with Gasteiger partial charge in [-0.15, -0.1) is 0 Å². The molecule has 3 aromatic heterocycles. The molecule has 0 radical (unpaired) electrons. The van der Waals surface area contributed by atoms with E-state index in [1.807, 2.05) is 31.6 Å². The van der Waals surface area contributed by atoms with Gasteiger partial charge in [0.2, 0.25) is 5.91 Å². The normalized spacial score (nSPS) is 23.0. The predicted octanol–water partition coefficient (Wildman–Crippen LogP) is 1.63. The molecule has 5 rings (SSSR count). The van der Waals surface area contributed by atoms with Crippen LogP contribution in [0.1, 0.15) is 6.42 Å². The van der Waals surface area contributed by atoms with Crippen LogP contribution in [-0.2, 0) is 16.6 Å². The average molecular weight is 362 g/mol. The SMILES string of the molecule is Cn1cc(-c2cc3c(N4CC[C@](C#N)(C5COC5)C4=O)ccnn3c2)cn1. The summed E-state index contributed by atoms with van der Waals surface area (Å²) in [6.07, 6.45) is 7.87. The summed E-state index contributed by atoms with van der Waals surface area (Å²) in [5.74, 6) is -0.147. The number of aryl methyl sites for hydroxylation is 1. The second-order valence-electron chi connectivity index (χ2n) is 7.20. The monoisotopic (exact) mass is 362 g/mol. The van der Waals surface area contributed by atoms with Gasteiger partial charge in [0.05, 0.1) is 36.7 Å². The summed E-state index contributed by atoms with van der Waals surface area (Å²) >= 11 is 0. The molecule has 1 amide bonds. The molecule has 2 fully saturated rings. The van der Waals surface area contributed by atoms with Gasteiger partial charge in [0.25, 0.3) is 0 Å². The van der Waals surface area contributed by atoms with Crippen LogP contribution in [-0.4, -0.2) is 45.1 Å². The van der Waals surface area contributed by atoms with Gasteiger partial charge >= 0.3 is 0 Å². The lowest BCUT2D eigenvalue weighted by molar-refractivity contribution is -0.136. The minimum atomic E-state index is -0.975. The number of aromatic nitrogens is 4. The molecular weight excluding hydrogens is 344 g/mol. The molecule has 0 bridgehead atoms. The van der Waals surface area contributed by atoms with E-state index in [2.05, 4.69) is 16.3 Å². The fourth-order valence-electron chi connectivity index (χ4n) is 4.02. The Kier molecular flexibility index (Phi) is 3.36. The van der Waals surface area contributed by atoms with Crippen molar-refractivity contribution in [3.63, 3.8) is 0 Å². The average Bonchev–Trinajstić information content (AvgIpc) is 3.31. The molecule has 0 saturated carbocycles. The number of nitrogens with zero attached hydrogens (tertiary/aromatic N) is 6. The Morgan fingerprint density at radius 2 is 2.15 bits per heavy atom. The molecule has 2 saturated heterocycles. The molecule has 2 aliphatic heterocycles. The Hall–Kier alpha value is -3.18. The molecule has 8 nitrogen and oxygen atoms in total. The second kappa shape index (κ2) is 5.66. The van der Waals surface area contributed by atoms with Gasteiger partial charge in [-0.1, -0.05) is 0 Å². The summed E-state index contributed by atoms with van der Waals surface area (Å²) in [6.45, 7) is 1.49. The predicted molar refractivity (Wildman–Crippen MR) is 96.7 cm³/mol. The molecule has 27 heavy (non-hydrogen) atoms. The maximum absolute atomic E-state index is 13.2. The van der Waals surface area contributed by atoms with Gasteiger partial charge < -0.3 is 9.64 Å². The van der Waals surface area contributed by atoms with Crippen molar-refractivity contribution in [2.24, 2.45) is 18.4 Å². The zero-order valence-corrected chi connectivity index (χ0v) is 14.9. The summed E-state index contributed by atoms with van der Waals surface area (Å²) in [5.41, 5.74) is 2.61. The molecule has 2 aliphatic rings. The van der Waals surface area contributed by atoms with Gasteiger partial charge in [0, 0.05) is 49.2 Å². The van der Waals surface area contributed by atoms with Gasteiger partial charge in [0.1, 0.15) is 5.41 Å². The number of nitriles is 1. The van der Waals surface area contributed by atoms with Crippen LogP contribution in [0.4, 0.5) is 5.69 Å². The lowest BCUT2D eigenvalue weighted by Crippen LogP contribution is -2.47. The van der Waals surface area contributed by atoms with Crippen molar-refractivity contribution in [1.29, 1.82) is 5.26 Å². The number of ether oxygens (including phenoxy) is 1. The van der Waals surface area contributed by atoms with Crippen LogP contribution in [0.3, 0.4) is 0 Å². The first-order valence-corrected chi connectivity index (χ1v) is 8.90. The Balaban J connectivity index is 1.56. The smallest absolute Gasteiger partial charge is 0.248 e. The van der Waals surface area contributed by atoms with Crippen LogP contribution in [0, 0.1) is 22.7 Å². The van der Waals surface area contributed by atoms with Crippen LogP contribution in [0.2, 0.25) is 0 Å². The summed E-state index contributed by atoms with van der Waals surface area (Å²) in [4.78, 5) is 14.9. The van der Waals surface area contributed by atoms with Crippen LogP contribution in [0.15, 0.2) is 36.9 Å². The quantitative estimate of drug-likeness (QED) is 0.706. The highest BCUT2D eigenvalue weighted by Gasteiger charge is 2.55. The third-order valence-electron chi connectivity index (χ3n) is 5.71. The Morgan fingerprint density at radius 3 is 2.81 bits per heavy atom. The third-order valence-corrected chi connectivity index (χ3v) is 5.71. The lowest BCUT2D eigenvalue weighted by Gasteiger charge is -2.36. The van der Waals surface area contributed by atoms with Gasteiger partial charge in [-0.2, -0.15) is 15.5 Å². The van der Waals surface area contributed by atoms with Crippen LogP contribution in [0.25, 0.3) is 16.6 Å². The fraction of sp³-hybridized carbons (Fsp3) is 0.368. The Bertz CT molecular complexity index is 1090. The summed E-state index contributed by atoms with van der Waals surface area (Å²) in [6, 6.07) is 6.15. The van der Waals surface area contributed by atoms with Crippen molar-refractivity contribution < 1.29 is 9.53 Å². The Labute approximate surface area is 155 Å². The molecule has 5 heterocycles. The molecule has 0 aliphatic carbocycles. The maximum atomic E-state index is 13.2. The number of fused-ring (bicyclic) bond motifs is 1. The highest BCUT2D eigenvalue weighted by Crippen LogP contribution is 2.44. The van der Waals surface area contributed by atoms with E-state index in [9.17, 15) is 10.1 Å². The molecule has 1 atom stereocenters. The van der Waals surface area contributed by atoms with Gasteiger partial charge in [0.15, 0.2) is 0 Å². The zero-order chi connectivity index (χ0) is 18.6. The molecular formula is C19H18N6O2. The highest BCUT2D eigenvalue weighted by molar-refractivity contribution is 6.05. The van der Waals surface area contributed by atoms with Crippen molar-refractivity contribution in [3.8, 4) is 17.2 Å². The topological polar surface area (TPSA) is 88.5 Å². The van der Waals surface area contributed by atoms with Gasteiger partial charge in [-0.3, -0.25) is 9.48 Å². The van der Waals surface area contributed by atoms with E-state index in [1.165, 1.54) is 0 Å². The number of carbonyl (C=O) groups is 1. The van der Waals surface area contributed by atoms with Crippen molar-refractivity contribution in [2.75, 3.05) is 24.7 Å². The molecule has 8 heteroatoms. The zero-order valence-electron chi connectivity index (χ0n) is 14.9. The number of anilines is 1. The molecule has 0 spiro atoms. The van der Waals surface area contributed by atoms with Crippen LogP contribution < -0.4 is 4.90 Å². The first kappa shape index (κ1) is 16.0. The minimum absolute atomic E-state index is 0.0180. The third kappa shape index (κ3) is 2.22. The molecule has 136 valence electrons. The van der Waals surface area contributed by atoms with E-state index in [4.69, 9.17) is 4.74 Å². The number of amides is 1. The van der Waals surface area contributed by atoms with E-state index < -0.39 is 5.41 Å². The van der Waals surface area contributed by atoms with E-state index in [-0.39, 0.29) is 11.8 Å². The van der Waals surface area contributed by atoms with Crippen molar-refractivity contribution in [1.82, 2.24) is 19.4 Å². The molecule has 0 unspecified atom stereocenters. The summed E-state index contributed by atoms with van der Waals surface area (Å²) < 4.78 is 8.76. The van der Waals surface area contributed by atoms with Crippen LogP contribution >= 0.6 is 0 Å². The summed E-state index contributed by atoms with van der Waals surface area (Å²) in [5, 5.41) is 18.4. The maximum Gasteiger partial charge on any atom is 0.248 e. The minimum Gasteiger partial charge on any atom is -0.381 e. The van der Waals surface area contributed by atoms with Crippen molar-refractivity contribution in [2.45, 2.75) is 6.42 Å². The largest absolute Gasteiger partial charge is 0.381 e.